The Morgan fingerprint density at radius 1 is 1.33 bits per heavy atom. The predicted molar refractivity (Wildman–Crippen MR) is 58.9 cm³/mol. The first-order chi connectivity index (χ1) is 7.07. The van der Waals surface area contributed by atoms with E-state index in [9.17, 15) is 10.2 Å². The van der Waals surface area contributed by atoms with Gasteiger partial charge in [0.15, 0.2) is 0 Å². The van der Waals surface area contributed by atoms with Gasteiger partial charge in [0.1, 0.15) is 6.10 Å². The van der Waals surface area contributed by atoms with Crippen LogP contribution < -0.4 is 0 Å². The lowest BCUT2D eigenvalue weighted by Crippen LogP contribution is -2.20. The first-order valence-electron chi connectivity index (χ1n) is 4.80. The van der Waals surface area contributed by atoms with Gasteiger partial charge in [0, 0.05) is 11.6 Å². The maximum Gasteiger partial charge on any atom is 0.105 e. The number of aliphatic hydroxyl groups excluding tert-OH is 3. The highest BCUT2D eigenvalue weighted by Gasteiger charge is 2.20. The summed E-state index contributed by atoms with van der Waals surface area (Å²) in [7, 11) is 0. The van der Waals surface area contributed by atoms with Gasteiger partial charge < -0.3 is 15.3 Å². The standard InChI is InChI=1S/C11H15ClO3/c1-7-8(3-2-4-9(7)12)11(15)10(14)5-6-13/h2-4,10-11,13-15H,5-6H2,1H3. The minimum absolute atomic E-state index is 0.146. The van der Waals surface area contributed by atoms with Crippen molar-refractivity contribution in [1.29, 1.82) is 0 Å². The molecule has 0 fully saturated rings. The summed E-state index contributed by atoms with van der Waals surface area (Å²) < 4.78 is 0. The molecule has 0 saturated carbocycles. The summed E-state index contributed by atoms with van der Waals surface area (Å²) in [5.74, 6) is 0. The largest absolute Gasteiger partial charge is 0.396 e. The highest BCUT2D eigenvalue weighted by Crippen LogP contribution is 2.26. The summed E-state index contributed by atoms with van der Waals surface area (Å²) in [6.07, 6.45) is -1.82. The van der Waals surface area contributed by atoms with Crippen molar-refractivity contribution in [2.24, 2.45) is 0 Å². The van der Waals surface area contributed by atoms with Crippen molar-refractivity contribution in [2.45, 2.75) is 25.6 Å². The van der Waals surface area contributed by atoms with Crippen LogP contribution in [0, 0.1) is 6.92 Å². The van der Waals surface area contributed by atoms with Gasteiger partial charge >= 0.3 is 0 Å². The highest BCUT2D eigenvalue weighted by molar-refractivity contribution is 6.31. The molecule has 3 nitrogen and oxygen atoms in total. The van der Waals surface area contributed by atoms with Crippen molar-refractivity contribution >= 4 is 11.6 Å². The van der Waals surface area contributed by atoms with E-state index in [1.54, 1.807) is 25.1 Å². The summed E-state index contributed by atoms with van der Waals surface area (Å²) in [5, 5.41) is 28.6. The quantitative estimate of drug-likeness (QED) is 0.733. The van der Waals surface area contributed by atoms with Gasteiger partial charge in [-0.15, -0.1) is 0 Å². The maximum absolute atomic E-state index is 9.81. The molecule has 0 aliphatic rings. The van der Waals surface area contributed by atoms with Gasteiger partial charge in [-0.05, 0) is 30.5 Å². The molecule has 0 aromatic heterocycles. The van der Waals surface area contributed by atoms with E-state index >= 15 is 0 Å². The summed E-state index contributed by atoms with van der Waals surface area (Å²) in [6.45, 7) is 1.63. The van der Waals surface area contributed by atoms with Gasteiger partial charge in [0.25, 0.3) is 0 Å². The Labute approximate surface area is 93.9 Å². The normalized spacial score (nSPS) is 15.0. The molecule has 3 N–H and O–H groups in total. The second-order valence-electron chi connectivity index (χ2n) is 3.48. The van der Waals surface area contributed by atoms with Gasteiger partial charge in [0.2, 0.25) is 0 Å². The fourth-order valence-electron chi connectivity index (χ4n) is 1.44. The number of aliphatic hydroxyl groups is 3. The predicted octanol–water partition coefficient (Wildman–Crippen LogP) is 1.43. The zero-order chi connectivity index (χ0) is 11.4. The Morgan fingerprint density at radius 3 is 2.60 bits per heavy atom. The molecule has 0 saturated heterocycles. The van der Waals surface area contributed by atoms with E-state index in [1.165, 1.54) is 0 Å². The van der Waals surface area contributed by atoms with Crippen LogP contribution in [0.25, 0.3) is 0 Å². The van der Waals surface area contributed by atoms with Crippen molar-refractivity contribution in [3.63, 3.8) is 0 Å². The zero-order valence-electron chi connectivity index (χ0n) is 8.52. The Hall–Kier alpha value is -0.610. The Morgan fingerprint density at radius 2 is 2.00 bits per heavy atom. The van der Waals surface area contributed by atoms with Crippen LogP contribution >= 0.6 is 11.6 Å². The Bertz CT molecular complexity index is 328. The molecule has 0 heterocycles. The van der Waals surface area contributed by atoms with Gasteiger partial charge in [-0.3, -0.25) is 0 Å². The lowest BCUT2D eigenvalue weighted by atomic mass is 9.98. The number of hydrogen-bond donors (Lipinski definition) is 3. The van der Waals surface area contributed by atoms with Crippen molar-refractivity contribution in [1.82, 2.24) is 0 Å². The topological polar surface area (TPSA) is 60.7 Å². The molecule has 0 radical (unpaired) electrons. The minimum atomic E-state index is -1.00. The molecular formula is C11H15ClO3. The summed E-state index contributed by atoms with van der Waals surface area (Å²) in [6, 6.07) is 5.16. The molecule has 2 unspecified atom stereocenters. The lowest BCUT2D eigenvalue weighted by Gasteiger charge is -2.19. The molecule has 0 amide bonds. The molecule has 1 rings (SSSR count). The van der Waals surface area contributed by atoms with Crippen LogP contribution in [0.5, 0.6) is 0 Å². The summed E-state index contributed by atoms with van der Waals surface area (Å²) >= 11 is 5.90. The van der Waals surface area contributed by atoms with E-state index in [2.05, 4.69) is 0 Å². The van der Waals surface area contributed by atoms with E-state index in [1.807, 2.05) is 0 Å². The average molecular weight is 231 g/mol. The third-order valence-corrected chi connectivity index (χ3v) is 2.83. The smallest absolute Gasteiger partial charge is 0.105 e. The van der Waals surface area contributed by atoms with Crippen molar-refractivity contribution < 1.29 is 15.3 Å². The van der Waals surface area contributed by atoms with Crippen LogP contribution in [0.3, 0.4) is 0 Å². The molecule has 1 aromatic carbocycles. The van der Waals surface area contributed by atoms with Crippen LogP contribution in [-0.4, -0.2) is 28.0 Å². The molecule has 15 heavy (non-hydrogen) atoms. The third kappa shape index (κ3) is 2.92. The number of halogens is 1. The van der Waals surface area contributed by atoms with Crippen LogP contribution in [0.15, 0.2) is 18.2 Å². The van der Waals surface area contributed by atoms with Crippen LogP contribution in [0.4, 0.5) is 0 Å². The maximum atomic E-state index is 9.81. The first kappa shape index (κ1) is 12.5. The van der Waals surface area contributed by atoms with Crippen molar-refractivity contribution in [3.8, 4) is 0 Å². The average Bonchev–Trinajstić information content (AvgIpc) is 2.21. The molecule has 0 spiro atoms. The van der Waals surface area contributed by atoms with Crippen molar-refractivity contribution in [2.75, 3.05) is 6.61 Å². The van der Waals surface area contributed by atoms with Crippen LogP contribution in [0.1, 0.15) is 23.7 Å². The summed E-state index contributed by atoms with van der Waals surface area (Å²) in [5.41, 5.74) is 1.35. The van der Waals surface area contributed by atoms with Crippen LogP contribution in [0.2, 0.25) is 5.02 Å². The highest BCUT2D eigenvalue weighted by atomic mass is 35.5. The molecule has 4 heteroatoms. The van der Waals surface area contributed by atoms with Gasteiger partial charge in [-0.1, -0.05) is 23.7 Å². The fraction of sp³-hybridized carbons (Fsp3) is 0.455. The van der Waals surface area contributed by atoms with E-state index in [4.69, 9.17) is 16.7 Å². The van der Waals surface area contributed by atoms with Crippen molar-refractivity contribution in [3.05, 3.63) is 34.3 Å². The van der Waals surface area contributed by atoms with Crippen LogP contribution in [-0.2, 0) is 0 Å². The van der Waals surface area contributed by atoms with Gasteiger partial charge in [-0.2, -0.15) is 0 Å². The van der Waals surface area contributed by atoms with E-state index < -0.39 is 12.2 Å². The zero-order valence-corrected chi connectivity index (χ0v) is 9.28. The molecule has 0 bridgehead atoms. The first-order valence-corrected chi connectivity index (χ1v) is 5.17. The van der Waals surface area contributed by atoms with E-state index in [0.717, 1.165) is 5.56 Å². The van der Waals surface area contributed by atoms with Gasteiger partial charge in [0.05, 0.1) is 6.10 Å². The second-order valence-corrected chi connectivity index (χ2v) is 3.89. The van der Waals surface area contributed by atoms with E-state index in [-0.39, 0.29) is 13.0 Å². The monoisotopic (exact) mass is 230 g/mol. The SMILES string of the molecule is Cc1c(Cl)cccc1C(O)C(O)CCO. The lowest BCUT2D eigenvalue weighted by molar-refractivity contribution is 0.00389. The molecule has 84 valence electrons. The summed E-state index contributed by atoms with van der Waals surface area (Å²) in [4.78, 5) is 0. The Balaban J connectivity index is 2.90. The molecule has 0 aliphatic heterocycles. The second kappa shape index (κ2) is 5.47. The molecular weight excluding hydrogens is 216 g/mol. The Kier molecular flexibility index (Phi) is 4.54. The molecule has 2 atom stereocenters. The number of benzene rings is 1. The fourth-order valence-corrected chi connectivity index (χ4v) is 1.62. The van der Waals surface area contributed by atoms with Gasteiger partial charge in [-0.25, -0.2) is 0 Å². The minimum Gasteiger partial charge on any atom is -0.396 e. The molecule has 1 aromatic rings. The number of hydrogen-bond acceptors (Lipinski definition) is 3. The molecule has 0 aliphatic carbocycles. The third-order valence-electron chi connectivity index (χ3n) is 2.42. The number of rotatable bonds is 4. The van der Waals surface area contributed by atoms with E-state index in [0.29, 0.717) is 10.6 Å².